The van der Waals surface area contributed by atoms with Crippen LogP contribution in [0.5, 0.6) is 5.75 Å². The molecule has 1 aromatic carbocycles. The number of imidazole rings is 1. The van der Waals surface area contributed by atoms with E-state index in [1.807, 2.05) is 6.07 Å². The molecule has 9 heteroatoms. The molecule has 1 aliphatic rings. The van der Waals surface area contributed by atoms with Gasteiger partial charge in [-0.1, -0.05) is 18.2 Å². The van der Waals surface area contributed by atoms with Gasteiger partial charge < -0.3 is 25.8 Å². The second-order valence-electron chi connectivity index (χ2n) is 6.41. The van der Waals surface area contributed by atoms with Crippen molar-refractivity contribution in [2.45, 2.75) is 30.8 Å². The molecule has 0 amide bonds. The number of fused-ring (bicyclic) bond motifs is 1. The zero-order chi connectivity index (χ0) is 18.3. The zero-order valence-corrected chi connectivity index (χ0v) is 13.9. The molecule has 2 aromatic heterocycles. The molecule has 136 valence electrons. The van der Waals surface area contributed by atoms with Crippen molar-refractivity contribution in [2.75, 3.05) is 12.3 Å². The minimum absolute atomic E-state index is 0.121. The largest absolute Gasteiger partial charge is 0.508 e. The van der Waals surface area contributed by atoms with E-state index in [2.05, 4.69) is 15.0 Å². The van der Waals surface area contributed by atoms with Gasteiger partial charge in [0.15, 0.2) is 17.2 Å². The van der Waals surface area contributed by atoms with E-state index < -0.39 is 17.9 Å². The minimum Gasteiger partial charge on any atom is -0.508 e. The van der Waals surface area contributed by atoms with Crippen molar-refractivity contribution in [3.05, 3.63) is 42.5 Å². The predicted octanol–water partition coefficient (Wildman–Crippen LogP) is 0.152. The smallest absolute Gasteiger partial charge is 0.167 e. The van der Waals surface area contributed by atoms with Gasteiger partial charge in [0, 0.05) is 12.8 Å². The van der Waals surface area contributed by atoms with Crippen LogP contribution in [0, 0.1) is 0 Å². The normalized spacial score (nSPS) is 25.8. The maximum absolute atomic E-state index is 10.4. The second kappa shape index (κ2) is 6.20. The number of para-hydroxylation sites is 1. The molecular formula is C17H19N5O4. The number of aliphatic hydroxyl groups is 2. The molecule has 5 N–H and O–H groups in total. The van der Waals surface area contributed by atoms with Gasteiger partial charge in [-0.2, -0.15) is 0 Å². The van der Waals surface area contributed by atoms with Crippen molar-refractivity contribution in [1.82, 2.24) is 19.5 Å². The molecule has 1 fully saturated rings. The van der Waals surface area contributed by atoms with Crippen LogP contribution in [0.2, 0.25) is 0 Å². The first kappa shape index (κ1) is 16.7. The summed E-state index contributed by atoms with van der Waals surface area (Å²) in [6.07, 6.45) is 1.69. The minimum atomic E-state index is -1.08. The Balaban J connectivity index is 1.86. The molecule has 0 aliphatic carbocycles. The number of aromatic hydroxyl groups is 1. The van der Waals surface area contributed by atoms with E-state index in [0.29, 0.717) is 16.7 Å². The third kappa shape index (κ3) is 2.57. The SMILES string of the molecule is Nc1ncnc2c1ncn2[C@@]1(Cc2ccccc2O)C[C@H](O)[C@@H](CO)O1. The summed E-state index contributed by atoms with van der Waals surface area (Å²) in [6.45, 7) is -0.326. The van der Waals surface area contributed by atoms with Crippen LogP contribution < -0.4 is 5.73 Å². The molecule has 3 atom stereocenters. The average molecular weight is 357 g/mol. The molecular weight excluding hydrogens is 338 g/mol. The van der Waals surface area contributed by atoms with Crippen LogP contribution in [-0.4, -0.2) is 53.7 Å². The van der Waals surface area contributed by atoms with Crippen LogP contribution >= 0.6 is 0 Å². The highest BCUT2D eigenvalue weighted by Gasteiger charge is 2.48. The van der Waals surface area contributed by atoms with Gasteiger partial charge in [-0.25, -0.2) is 15.0 Å². The number of phenolic OH excluding ortho intramolecular Hbond substituents is 1. The summed E-state index contributed by atoms with van der Waals surface area (Å²) in [5.41, 5.74) is 6.31. The maximum atomic E-state index is 10.4. The fourth-order valence-electron chi connectivity index (χ4n) is 3.49. The van der Waals surface area contributed by atoms with Gasteiger partial charge in [0.1, 0.15) is 23.7 Å². The van der Waals surface area contributed by atoms with E-state index in [1.165, 1.54) is 12.7 Å². The Labute approximate surface area is 148 Å². The number of aromatic nitrogens is 4. The highest BCUT2D eigenvalue weighted by Crippen LogP contribution is 2.41. The lowest BCUT2D eigenvalue weighted by Gasteiger charge is -2.31. The lowest BCUT2D eigenvalue weighted by Crippen LogP contribution is -2.36. The zero-order valence-electron chi connectivity index (χ0n) is 13.9. The van der Waals surface area contributed by atoms with Crippen molar-refractivity contribution in [3.63, 3.8) is 0 Å². The molecule has 0 radical (unpaired) electrons. The van der Waals surface area contributed by atoms with E-state index in [-0.39, 0.29) is 31.0 Å². The quantitative estimate of drug-likeness (QED) is 0.517. The van der Waals surface area contributed by atoms with Gasteiger partial charge in [-0.3, -0.25) is 4.57 Å². The van der Waals surface area contributed by atoms with Crippen LogP contribution in [0.3, 0.4) is 0 Å². The fraction of sp³-hybridized carbons (Fsp3) is 0.353. The number of benzene rings is 1. The summed E-state index contributed by atoms with van der Waals surface area (Å²) in [4.78, 5) is 12.5. The Bertz CT molecular complexity index is 946. The molecule has 1 saturated heterocycles. The van der Waals surface area contributed by atoms with Crippen molar-refractivity contribution < 1.29 is 20.1 Å². The van der Waals surface area contributed by atoms with Gasteiger partial charge in [-0.15, -0.1) is 0 Å². The number of nitrogens with two attached hydrogens (primary N) is 1. The van der Waals surface area contributed by atoms with Crippen molar-refractivity contribution in [3.8, 4) is 5.75 Å². The highest BCUT2D eigenvalue weighted by atomic mass is 16.6. The number of nitrogen functional groups attached to an aromatic ring is 1. The first-order valence-corrected chi connectivity index (χ1v) is 8.22. The van der Waals surface area contributed by atoms with Gasteiger partial charge >= 0.3 is 0 Å². The van der Waals surface area contributed by atoms with Gasteiger partial charge in [0.2, 0.25) is 0 Å². The van der Waals surface area contributed by atoms with E-state index in [9.17, 15) is 15.3 Å². The Morgan fingerprint density at radius 2 is 2.08 bits per heavy atom. The molecule has 0 bridgehead atoms. The van der Waals surface area contributed by atoms with Crippen molar-refractivity contribution >= 4 is 17.0 Å². The van der Waals surface area contributed by atoms with E-state index in [1.54, 1.807) is 22.8 Å². The summed E-state index contributed by atoms with van der Waals surface area (Å²) < 4.78 is 7.76. The molecule has 3 heterocycles. The van der Waals surface area contributed by atoms with Crippen LogP contribution in [-0.2, 0) is 16.9 Å². The van der Waals surface area contributed by atoms with Crippen molar-refractivity contribution in [2.24, 2.45) is 0 Å². The van der Waals surface area contributed by atoms with Crippen LogP contribution in [0.4, 0.5) is 5.82 Å². The topological polar surface area (TPSA) is 140 Å². The first-order chi connectivity index (χ1) is 12.5. The number of aliphatic hydroxyl groups excluding tert-OH is 2. The third-order valence-electron chi connectivity index (χ3n) is 4.77. The molecule has 4 rings (SSSR count). The predicted molar refractivity (Wildman–Crippen MR) is 92.1 cm³/mol. The number of nitrogens with zero attached hydrogens (tertiary/aromatic N) is 4. The highest BCUT2D eigenvalue weighted by molar-refractivity contribution is 5.81. The molecule has 0 saturated carbocycles. The number of ether oxygens (including phenoxy) is 1. The number of rotatable bonds is 4. The van der Waals surface area contributed by atoms with E-state index >= 15 is 0 Å². The lowest BCUT2D eigenvalue weighted by molar-refractivity contribution is -0.114. The summed E-state index contributed by atoms with van der Waals surface area (Å²) in [7, 11) is 0. The van der Waals surface area contributed by atoms with E-state index in [4.69, 9.17) is 10.5 Å². The van der Waals surface area contributed by atoms with Gasteiger partial charge in [0.25, 0.3) is 0 Å². The monoisotopic (exact) mass is 357 g/mol. The molecule has 1 aliphatic heterocycles. The number of hydrogen-bond acceptors (Lipinski definition) is 8. The third-order valence-corrected chi connectivity index (χ3v) is 4.77. The Morgan fingerprint density at radius 1 is 1.27 bits per heavy atom. The average Bonchev–Trinajstić information content (AvgIpc) is 3.20. The van der Waals surface area contributed by atoms with Crippen LogP contribution in [0.15, 0.2) is 36.9 Å². The summed E-state index contributed by atoms with van der Waals surface area (Å²) in [6, 6.07) is 6.91. The summed E-state index contributed by atoms with van der Waals surface area (Å²) >= 11 is 0. The molecule has 26 heavy (non-hydrogen) atoms. The Kier molecular flexibility index (Phi) is 3.98. The fourth-order valence-corrected chi connectivity index (χ4v) is 3.49. The Morgan fingerprint density at radius 3 is 2.81 bits per heavy atom. The number of anilines is 1. The van der Waals surface area contributed by atoms with Gasteiger partial charge in [-0.05, 0) is 11.6 Å². The number of phenols is 1. The van der Waals surface area contributed by atoms with E-state index in [0.717, 1.165) is 0 Å². The molecule has 0 spiro atoms. The Hall–Kier alpha value is -2.75. The molecule has 3 aromatic rings. The first-order valence-electron chi connectivity index (χ1n) is 8.22. The van der Waals surface area contributed by atoms with Gasteiger partial charge in [0.05, 0.1) is 19.0 Å². The van der Waals surface area contributed by atoms with Crippen LogP contribution in [0.25, 0.3) is 11.2 Å². The molecule has 0 unspecified atom stereocenters. The maximum Gasteiger partial charge on any atom is 0.167 e. The second-order valence-corrected chi connectivity index (χ2v) is 6.41. The summed E-state index contributed by atoms with van der Waals surface area (Å²) in [5, 5.41) is 30.1. The van der Waals surface area contributed by atoms with Crippen LogP contribution in [0.1, 0.15) is 12.0 Å². The molecule has 9 nitrogen and oxygen atoms in total. The standard InChI is InChI=1S/C17H19N5O4/c18-15-14-16(20-8-19-15)22(9-21-14)17(6-12(25)13(7-23)26-17)5-10-3-1-2-4-11(10)24/h1-4,8-9,12-13,23-25H,5-7H2,(H2,18,19,20)/t12-,13+,17+/m0/s1. The van der Waals surface area contributed by atoms with Crippen molar-refractivity contribution in [1.29, 1.82) is 0 Å². The lowest BCUT2D eigenvalue weighted by atomic mass is 9.97. The summed E-state index contributed by atoms with van der Waals surface area (Å²) in [5.74, 6) is 0.361. The number of hydrogen-bond donors (Lipinski definition) is 4.